The molecule has 1 aromatic heterocycles. The van der Waals surface area contributed by atoms with Crippen molar-refractivity contribution >= 4 is 9.84 Å². The van der Waals surface area contributed by atoms with Crippen molar-refractivity contribution < 1.29 is 17.2 Å². The van der Waals surface area contributed by atoms with Crippen molar-refractivity contribution in [3.63, 3.8) is 0 Å². The molecule has 124 valence electrons. The third-order valence-electron chi connectivity index (χ3n) is 3.98. The van der Waals surface area contributed by atoms with Gasteiger partial charge in [0.1, 0.15) is 23.7 Å². The Morgan fingerprint density at radius 1 is 1.39 bits per heavy atom. The summed E-state index contributed by atoms with van der Waals surface area (Å²) in [7, 11) is -1.18. The van der Waals surface area contributed by atoms with Crippen molar-refractivity contribution in [2.24, 2.45) is 0 Å². The highest BCUT2D eigenvalue weighted by molar-refractivity contribution is 7.91. The van der Waals surface area contributed by atoms with Crippen molar-refractivity contribution in [1.82, 2.24) is 19.7 Å². The number of hydrogen-bond acceptors (Lipinski definition) is 5. The second-order valence-corrected chi connectivity index (χ2v) is 7.88. The van der Waals surface area contributed by atoms with E-state index >= 15 is 0 Å². The first-order chi connectivity index (χ1) is 10.9. The summed E-state index contributed by atoms with van der Waals surface area (Å²) in [6.07, 6.45) is 1.86. The summed E-state index contributed by atoms with van der Waals surface area (Å²) in [5.74, 6) is -0.643. The maximum absolute atomic E-state index is 13.9. The second-order valence-electron chi connectivity index (χ2n) is 5.66. The van der Waals surface area contributed by atoms with E-state index in [-0.39, 0.29) is 23.2 Å². The van der Waals surface area contributed by atoms with Crippen LogP contribution in [0.1, 0.15) is 12.2 Å². The molecule has 6 nitrogen and oxygen atoms in total. The summed E-state index contributed by atoms with van der Waals surface area (Å²) in [5.41, 5.74) is 0.103. The molecule has 0 saturated carbocycles. The average Bonchev–Trinajstić information content (AvgIpc) is 3.05. The van der Waals surface area contributed by atoms with Gasteiger partial charge in [-0.1, -0.05) is 0 Å². The smallest absolute Gasteiger partial charge is 0.151 e. The van der Waals surface area contributed by atoms with Gasteiger partial charge >= 0.3 is 0 Å². The molecule has 0 amide bonds. The summed E-state index contributed by atoms with van der Waals surface area (Å²) in [6.45, 7) is 0.316. The Labute approximate surface area is 132 Å². The standard InChI is InChI=1S/C14H16F2N4O2S/c1-19(11-4-5-23(21,22)8-11)7-14-17-9-18-20(14)13-3-2-10(15)6-12(13)16/h2-3,6,9,11H,4-5,7-8H2,1H3/t11-/m0/s1. The Morgan fingerprint density at radius 3 is 2.83 bits per heavy atom. The fraction of sp³-hybridized carbons (Fsp3) is 0.429. The topological polar surface area (TPSA) is 68.1 Å². The summed E-state index contributed by atoms with van der Waals surface area (Å²) >= 11 is 0. The number of halogens is 2. The van der Waals surface area contributed by atoms with Crippen LogP contribution >= 0.6 is 0 Å². The van der Waals surface area contributed by atoms with E-state index in [4.69, 9.17) is 0 Å². The van der Waals surface area contributed by atoms with Crippen LogP contribution in [0.15, 0.2) is 24.5 Å². The number of nitrogens with zero attached hydrogens (tertiary/aromatic N) is 4. The molecule has 0 aliphatic carbocycles. The number of benzene rings is 1. The molecule has 23 heavy (non-hydrogen) atoms. The molecule has 0 spiro atoms. The zero-order valence-corrected chi connectivity index (χ0v) is 13.3. The SMILES string of the molecule is CN(Cc1ncnn1-c1ccc(F)cc1F)[C@H]1CCS(=O)(=O)C1. The molecular formula is C14H16F2N4O2S. The molecule has 3 rings (SSSR count). The monoisotopic (exact) mass is 342 g/mol. The lowest BCUT2D eigenvalue weighted by atomic mass is 10.2. The molecule has 1 atom stereocenters. The van der Waals surface area contributed by atoms with Gasteiger partial charge in [-0.25, -0.2) is 26.9 Å². The number of aromatic nitrogens is 3. The van der Waals surface area contributed by atoms with Gasteiger partial charge in [0.2, 0.25) is 0 Å². The first kappa shape index (κ1) is 16.0. The molecule has 0 unspecified atom stereocenters. The molecule has 2 aromatic rings. The Morgan fingerprint density at radius 2 is 2.17 bits per heavy atom. The van der Waals surface area contributed by atoms with Crippen LogP contribution in [-0.4, -0.2) is 52.7 Å². The van der Waals surface area contributed by atoms with E-state index < -0.39 is 21.5 Å². The quantitative estimate of drug-likeness (QED) is 0.834. The van der Waals surface area contributed by atoms with E-state index in [9.17, 15) is 17.2 Å². The van der Waals surface area contributed by atoms with Gasteiger partial charge in [-0.3, -0.25) is 4.90 Å². The fourth-order valence-electron chi connectivity index (χ4n) is 2.70. The third-order valence-corrected chi connectivity index (χ3v) is 5.73. The van der Waals surface area contributed by atoms with Crippen molar-refractivity contribution in [3.05, 3.63) is 42.0 Å². The lowest BCUT2D eigenvalue weighted by molar-refractivity contribution is 0.246. The van der Waals surface area contributed by atoms with Crippen molar-refractivity contribution in [3.8, 4) is 5.69 Å². The van der Waals surface area contributed by atoms with E-state index in [1.165, 1.54) is 17.1 Å². The minimum Gasteiger partial charge on any atom is -0.295 e. The first-order valence-corrected chi connectivity index (χ1v) is 8.93. The van der Waals surface area contributed by atoms with Gasteiger partial charge in [-0.15, -0.1) is 0 Å². The molecule has 1 aliphatic rings. The molecule has 1 aliphatic heterocycles. The van der Waals surface area contributed by atoms with Crippen LogP contribution in [-0.2, 0) is 16.4 Å². The van der Waals surface area contributed by atoms with Crippen molar-refractivity contribution in [1.29, 1.82) is 0 Å². The lowest BCUT2D eigenvalue weighted by Gasteiger charge is -2.22. The van der Waals surface area contributed by atoms with Crippen LogP contribution in [0.3, 0.4) is 0 Å². The highest BCUT2D eigenvalue weighted by Crippen LogP contribution is 2.20. The van der Waals surface area contributed by atoms with Crippen LogP contribution in [0.4, 0.5) is 8.78 Å². The van der Waals surface area contributed by atoms with Gasteiger partial charge in [0.15, 0.2) is 15.7 Å². The van der Waals surface area contributed by atoms with Crippen LogP contribution in [0.5, 0.6) is 0 Å². The zero-order valence-electron chi connectivity index (χ0n) is 12.5. The first-order valence-electron chi connectivity index (χ1n) is 7.11. The Hall–Kier alpha value is -1.87. The summed E-state index contributed by atoms with van der Waals surface area (Å²) in [6, 6.07) is 3.14. The van der Waals surface area contributed by atoms with Crippen molar-refractivity contribution in [2.75, 3.05) is 18.6 Å². The van der Waals surface area contributed by atoms with Crippen LogP contribution in [0.2, 0.25) is 0 Å². The van der Waals surface area contributed by atoms with E-state index in [1.807, 2.05) is 4.90 Å². The Kier molecular flexibility index (Phi) is 4.15. The van der Waals surface area contributed by atoms with E-state index in [0.29, 0.717) is 18.8 Å². The minimum atomic E-state index is -2.98. The molecule has 0 bridgehead atoms. The van der Waals surface area contributed by atoms with Gasteiger partial charge in [0.25, 0.3) is 0 Å². The average molecular weight is 342 g/mol. The molecule has 9 heteroatoms. The minimum absolute atomic E-state index is 0.0942. The summed E-state index contributed by atoms with van der Waals surface area (Å²) < 4.78 is 51.4. The van der Waals surface area contributed by atoms with Gasteiger partial charge in [-0.2, -0.15) is 5.10 Å². The fourth-order valence-corrected chi connectivity index (χ4v) is 4.51. The number of rotatable bonds is 4. The van der Waals surface area contributed by atoms with Gasteiger partial charge in [-0.05, 0) is 25.6 Å². The number of hydrogen-bond donors (Lipinski definition) is 0. The van der Waals surface area contributed by atoms with Crippen LogP contribution in [0, 0.1) is 11.6 Å². The number of sulfone groups is 1. The van der Waals surface area contributed by atoms with E-state index in [1.54, 1.807) is 7.05 Å². The molecule has 0 radical (unpaired) electrons. The van der Waals surface area contributed by atoms with Crippen LogP contribution < -0.4 is 0 Å². The third kappa shape index (κ3) is 3.40. The maximum atomic E-state index is 13.9. The lowest BCUT2D eigenvalue weighted by Crippen LogP contribution is -2.33. The largest absolute Gasteiger partial charge is 0.295 e. The maximum Gasteiger partial charge on any atom is 0.151 e. The summed E-state index contributed by atoms with van der Waals surface area (Å²) in [5, 5.41) is 3.98. The Bertz CT molecular complexity index is 822. The van der Waals surface area contributed by atoms with Gasteiger partial charge < -0.3 is 0 Å². The molecule has 2 heterocycles. The molecule has 0 N–H and O–H groups in total. The normalized spacial score (nSPS) is 20.3. The Balaban J connectivity index is 1.81. The highest BCUT2D eigenvalue weighted by Gasteiger charge is 2.31. The van der Waals surface area contributed by atoms with Crippen molar-refractivity contribution in [2.45, 2.75) is 19.0 Å². The molecule has 1 aromatic carbocycles. The summed E-state index contributed by atoms with van der Waals surface area (Å²) in [4.78, 5) is 5.97. The van der Waals surface area contributed by atoms with E-state index in [2.05, 4.69) is 10.1 Å². The van der Waals surface area contributed by atoms with Gasteiger partial charge in [0.05, 0.1) is 18.1 Å². The molecule has 1 fully saturated rings. The second kappa shape index (κ2) is 5.97. The van der Waals surface area contributed by atoms with Crippen LogP contribution in [0.25, 0.3) is 5.69 Å². The van der Waals surface area contributed by atoms with Gasteiger partial charge in [0, 0.05) is 12.1 Å². The predicted octanol–water partition coefficient (Wildman–Crippen LogP) is 1.16. The van der Waals surface area contributed by atoms with E-state index in [0.717, 1.165) is 12.1 Å². The molecular weight excluding hydrogens is 326 g/mol. The molecule has 1 saturated heterocycles. The zero-order chi connectivity index (χ0) is 16.6. The predicted molar refractivity (Wildman–Crippen MR) is 79.8 cm³/mol. The highest BCUT2D eigenvalue weighted by atomic mass is 32.2.